The summed E-state index contributed by atoms with van der Waals surface area (Å²) in [6.07, 6.45) is 1.78. The molecule has 0 bridgehead atoms. The minimum Gasteiger partial charge on any atom is -0.489 e. The van der Waals surface area contributed by atoms with Crippen LogP contribution in [0.4, 0.5) is 5.69 Å². The van der Waals surface area contributed by atoms with Crippen LogP contribution in [0.15, 0.2) is 82.7 Å². The van der Waals surface area contributed by atoms with Gasteiger partial charge in [-0.25, -0.2) is 9.79 Å². The van der Waals surface area contributed by atoms with Crippen LogP contribution < -0.4 is 10.1 Å². The number of nitrogens with one attached hydrogen (secondary N) is 1. The zero-order valence-corrected chi connectivity index (χ0v) is 18.2. The number of hydrogen-bond donors (Lipinski definition) is 2. The zero-order chi connectivity index (χ0) is 22.5. The molecule has 1 amide bonds. The standard InChI is InChI=1S/C24H17ClN2O4S/c25-18-8-10-19(11-9-18)26-24-27-22(28)21(32-24)13-16-2-1-3-20(12-16)31-14-15-4-6-17(7-5-15)23(29)30/h1-13H,14H2,(H,29,30)(H,26,27,28). The Kier molecular flexibility index (Phi) is 6.58. The molecule has 0 atom stereocenters. The third kappa shape index (κ3) is 5.57. The van der Waals surface area contributed by atoms with Crippen LogP contribution in [-0.2, 0) is 11.4 Å². The Hall–Kier alpha value is -3.55. The van der Waals surface area contributed by atoms with Gasteiger partial charge in [-0.15, -0.1) is 0 Å². The van der Waals surface area contributed by atoms with E-state index in [1.807, 2.05) is 24.3 Å². The van der Waals surface area contributed by atoms with Crippen molar-refractivity contribution < 1.29 is 19.4 Å². The molecule has 2 N–H and O–H groups in total. The molecule has 1 aliphatic heterocycles. The van der Waals surface area contributed by atoms with E-state index in [9.17, 15) is 9.59 Å². The predicted molar refractivity (Wildman–Crippen MR) is 126 cm³/mol. The van der Waals surface area contributed by atoms with Gasteiger partial charge in [0.05, 0.1) is 16.2 Å². The Labute approximate surface area is 193 Å². The fourth-order valence-corrected chi connectivity index (χ4v) is 3.84. The first-order chi connectivity index (χ1) is 15.5. The van der Waals surface area contributed by atoms with E-state index in [0.29, 0.717) is 33.1 Å². The highest BCUT2D eigenvalue weighted by atomic mass is 35.5. The van der Waals surface area contributed by atoms with Crippen molar-refractivity contribution in [2.75, 3.05) is 0 Å². The molecule has 160 valence electrons. The van der Waals surface area contributed by atoms with Gasteiger partial charge in [-0.2, -0.15) is 0 Å². The molecule has 8 heteroatoms. The molecule has 0 aromatic heterocycles. The van der Waals surface area contributed by atoms with Gasteiger partial charge >= 0.3 is 5.97 Å². The van der Waals surface area contributed by atoms with E-state index >= 15 is 0 Å². The third-order valence-electron chi connectivity index (χ3n) is 4.47. The van der Waals surface area contributed by atoms with Gasteiger partial charge < -0.3 is 15.2 Å². The molecule has 0 radical (unpaired) electrons. The molecule has 3 aromatic carbocycles. The van der Waals surface area contributed by atoms with E-state index in [2.05, 4.69) is 10.3 Å². The quantitative estimate of drug-likeness (QED) is 0.470. The summed E-state index contributed by atoms with van der Waals surface area (Å²) < 4.78 is 5.82. The Bertz CT molecular complexity index is 1220. The number of carbonyl (C=O) groups excluding carboxylic acids is 1. The summed E-state index contributed by atoms with van der Waals surface area (Å²) in [5.41, 5.74) is 2.60. The van der Waals surface area contributed by atoms with E-state index in [-0.39, 0.29) is 11.5 Å². The fourth-order valence-electron chi connectivity index (χ4n) is 2.87. The summed E-state index contributed by atoms with van der Waals surface area (Å²) in [5.74, 6) is -0.541. The smallest absolute Gasteiger partial charge is 0.335 e. The summed E-state index contributed by atoms with van der Waals surface area (Å²) in [6, 6.07) is 20.9. The van der Waals surface area contributed by atoms with Crippen LogP contribution in [0.25, 0.3) is 6.08 Å². The molecule has 0 spiro atoms. The van der Waals surface area contributed by atoms with Crippen LogP contribution in [0.2, 0.25) is 5.02 Å². The lowest BCUT2D eigenvalue weighted by Gasteiger charge is -2.07. The highest BCUT2D eigenvalue weighted by Gasteiger charge is 2.23. The highest BCUT2D eigenvalue weighted by Crippen LogP contribution is 2.29. The lowest BCUT2D eigenvalue weighted by Crippen LogP contribution is -2.19. The number of benzene rings is 3. The van der Waals surface area contributed by atoms with Crippen molar-refractivity contribution in [3.8, 4) is 5.75 Å². The molecule has 0 aliphatic carbocycles. The monoisotopic (exact) mass is 464 g/mol. The molecule has 0 saturated carbocycles. The van der Waals surface area contributed by atoms with Gasteiger partial charge in [0, 0.05) is 5.02 Å². The molecule has 1 saturated heterocycles. The molecular weight excluding hydrogens is 448 g/mol. The van der Waals surface area contributed by atoms with Gasteiger partial charge in [0.2, 0.25) is 0 Å². The number of ether oxygens (including phenoxy) is 1. The largest absolute Gasteiger partial charge is 0.489 e. The van der Waals surface area contributed by atoms with Crippen LogP contribution in [0.3, 0.4) is 0 Å². The number of halogens is 1. The van der Waals surface area contributed by atoms with E-state index in [0.717, 1.165) is 11.1 Å². The molecule has 4 rings (SSSR count). The molecule has 3 aromatic rings. The second-order valence-corrected chi connectivity index (χ2v) is 8.29. The fraction of sp³-hybridized carbons (Fsp3) is 0.0417. The molecule has 6 nitrogen and oxygen atoms in total. The van der Waals surface area contributed by atoms with Gasteiger partial charge in [-0.3, -0.25) is 4.79 Å². The predicted octanol–water partition coefficient (Wildman–Crippen LogP) is 5.51. The van der Waals surface area contributed by atoms with Crippen molar-refractivity contribution >= 4 is 52.2 Å². The van der Waals surface area contributed by atoms with Gasteiger partial charge in [0.15, 0.2) is 5.17 Å². The number of carbonyl (C=O) groups is 2. The average molecular weight is 465 g/mol. The first-order valence-corrected chi connectivity index (χ1v) is 10.8. The minimum absolute atomic E-state index is 0.215. The summed E-state index contributed by atoms with van der Waals surface area (Å²) in [4.78, 5) is 28.2. The minimum atomic E-state index is -0.964. The second kappa shape index (κ2) is 9.72. The maximum Gasteiger partial charge on any atom is 0.335 e. The number of nitrogens with zero attached hydrogens (tertiary/aromatic N) is 1. The number of aromatic carboxylic acids is 1. The number of rotatable bonds is 6. The molecule has 0 unspecified atom stereocenters. The van der Waals surface area contributed by atoms with Crippen LogP contribution in [0.5, 0.6) is 5.75 Å². The van der Waals surface area contributed by atoms with Crippen molar-refractivity contribution in [2.24, 2.45) is 4.99 Å². The first-order valence-electron chi connectivity index (χ1n) is 9.56. The summed E-state index contributed by atoms with van der Waals surface area (Å²) >= 11 is 7.15. The van der Waals surface area contributed by atoms with Crippen LogP contribution >= 0.6 is 23.4 Å². The van der Waals surface area contributed by atoms with Crippen molar-refractivity contribution in [1.29, 1.82) is 0 Å². The molecule has 32 heavy (non-hydrogen) atoms. The van der Waals surface area contributed by atoms with E-state index < -0.39 is 5.97 Å². The van der Waals surface area contributed by atoms with E-state index in [1.54, 1.807) is 54.6 Å². The first kappa shape index (κ1) is 21.7. The average Bonchev–Trinajstić information content (AvgIpc) is 3.13. The SMILES string of the molecule is O=C1NC(=Nc2ccc(Cl)cc2)SC1=Cc1cccc(OCc2ccc(C(=O)O)cc2)c1. The van der Waals surface area contributed by atoms with Crippen LogP contribution in [0, 0.1) is 0 Å². The number of hydrogen-bond acceptors (Lipinski definition) is 5. The van der Waals surface area contributed by atoms with Crippen molar-refractivity contribution in [2.45, 2.75) is 6.61 Å². The highest BCUT2D eigenvalue weighted by molar-refractivity contribution is 8.18. The van der Waals surface area contributed by atoms with Gasteiger partial charge in [-0.05, 0) is 77.5 Å². The number of carboxylic acids is 1. The van der Waals surface area contributed by atoms with Crippen molar-refractivity contribution in [3.63, 3.8) is 0 Å². The summed E-state index contributed by atoms with van der Waals surface area (Å²) in [7, 11) is 0. The Morgan fingerprint density at radius 3 is 2.56 bits per heavy atom. The summed E-state index contributed by atoms with van der Waals surface area (Å²) in [5, 5.41) is 12.9. The molecular formula is C24H17ClN2O4S. The maximum absolute atomic E-state index is 12.3. The van der Waals surface area contributed by atoms with Gasteiger partial charge in [0.1, 0.15) is 12.4 Å². The third-order valence-corrected chi connectivity index (χ3v) is 5.63. The van der Waals surface area contributed by atoms with Gasteiger partial charge in [-0.1, -0.05) is 35.9 Å². The van der Waals surface area contributed by atoms with Crippen molar-refractivity contribution in [3.05, 3.63) is 99.4 Å². The van der Waals surface area contributed by atoms with Crippen molar-refractivity contribution in [1.82, 2.24) is 5.32 Å². The van der Waals surface area contributed by atoms with E-state index in [4.69, 9.17) is 21.4 Å². The number of thioether (sulfide) groups is 1. The Morgan fingerprint density at radius 2 is 1.84 bits per heavy atom. The van der Waals surface area contributed by atoms with Crippen LogP contribution in [-0.4, -0.2) is 22.2 Å². The lowest BCUT2D eigenvalue weighted by molar-refractivity contribution is -0.115. The number of amidine groups is 1. The second-order valence-electron chi connectivity index (χ2n) is 6.82. The lowest BCUT2D eigenvalue weighted by atomic mass is 10.1. The summed E-state index contributed by atoms with van der Waals surface area (Å²) in [6.45, 7) is 0.299. The molecule has 1 aliphatic rings. The normalized spacial score (nSPS) is 15.7. The number of carboxylic acid groups (broad SMARTS) is 1. The molecule has 1 heterocycles. The van der Waals surface area contributed by atoms with Crippen LogP contribution in [0.1, 0.15) is 21.5 Å². The zero-order valence-electron chi connectivity index (χ0n) is 16.6. The number of aliphatic imine (C=N–C) groups is 1. The topological polar surface area (TPSA) is 88.0 Å². The van der Waals surface area contributed by atoms with E-state index in [1.165, 1.54) is 11.8 Å². The number of amides is 1. The Morgan fingerprint density at radius 1 is 1.09 bits per heavy atom. The Balaban J connectivity index is 1.43. The van der Waals surface area contributed by atoms with Gasteiger partial charge in [0.25, 0.3) is 5.91 Å². The molecule has 1 fully saturated rings. The maximum atomic E-state index is 12.3.